The maximum Gasteiger partial charge on any atom is 0.0831 e. The molecule has 144 valence electrons. The first-order valence-corrected chi connectivity index (χ1v) is 9.61. The van der Waals surface area contributed by atoms with E-state index in [4.69, 9.17) is 34.0 Å². The number of hydrogen-bond acceptors (Lipinski definition) is 2. The van der Waals surface area contributed by atoms with Gasteiger partial charge in [-0.3, -0.25) is 0 Å². The summed E-state index contributed by atoms with van der Waals surface area (Å²) in [4.78, 5) is 0. The highest BCUT2D eigenvalue weighted by atomic mass is 35.5. The molecule has 0 radical (unpaired) electrons. The Bertz CT molecular complexity index is 991. The van der Waals surface area contributed by atoms with Gasteiger partial charge in [-0.1, -0.05) is 126 Å². The largest absolute Gasteiger partial charge is 0.242 e. The molecule has 2 nitrogen and oxygen atoms in total. The highest BCUT2D eigenvalue weighted by Crippen LogP contribution is 2.32. The molecule has 0 bridgehead atoms. The van der Waals surface area contributed by atoms with Crippen LogP contribution in [0.25, 0.3) is 22.3 Å². The summed E-state index contributed by atoms with van der Waals surface area (Å²) in [5.41, 5.74) is 4.61. The first kappa shape index (κ1) is 22.1. The molecule has 0 atom stereocenters. The van der Waals surface area contributed by atoms with Crippen molar-refractivity contribution in [3.05, 3.63) is 119 Å². The predicted molar refractivity (Wildman–Crippen MR) is 124 cm³/mol. The lowest BCUT2D eigenvalue weighted by Crippen LogP contribution is -1.79. The smallest absolute Gasteiger partial charge is 0.0831 e. The van der Waals surface area contributed by atoms with Crippen molar-refractivity contribution in [3.8, 4) is 22.3 Å². The van der Waals surface area contributed by atoms with E-state index in [2.05, 4.69) is 48.5 Å². The standard InChI is InChI=1S/C12H8Cl2.C12H10.CH2N2/c13-11-8-4-7-10(12(11)14)9-5-2-1-3-6-9;1-3-7-11(8-4-1)12-9-5-2-6-10-12;2-1-3/h1-8H;1-10H;2-3H. The van der Waals surface area contributed by atoms with Crippen LogP contribution < -0.4 is 0 Å². The van der Waals surface area contributed by atoms with Crippen LogP contribution in [0.4, 0.5) is 0 Å². The fourth-order valence-electron chi connectivity index (χ4n) is 2.61. The molecule has 4 aromatic rings. The number of rotatable bonds is 2. The second-order valence-electron chi connectivity index (χ2n) is 5.82. The van der Waals surface area contributed by atoms with Gasteiger partial charge in [-0.25, -0.2) is 10.8 Å². The highest BCUT2D eigenvalue weighted by molar-refractivity contribution is 6.43. The maximum atomic E-state index is 6.10. The third kappa shape index (κ3) is 7.06. The summed E-state index contributed by atoms with van der Waals surface area (Å²) in [5.74, 6) is 0. The summed E-state index contributed by atoms with van der Waals surface area (Å²) >= 11 is 12.0. The van der Waals surface area contributed by atoms with Crippen molar-refractivity contribution in [2.45, 2.75) is 0 Å². The van der Waals surface area contributed by atoms with Gasteiger partial charge in [0.15, 0.2) is 0 Å². The van der Waals surface area contributed by atoms with Crippen LogP contribution >= 0.6 is 23.2 Å². The zero-order valence-corrected chi connectivity index (χ0v) is 17.2. The van der Waals surface area contributed by atoms with Gasteiger partial charge in [-0.2, -0.15) is 0 Å². The lowest BCUT2D eigenvalue weighted by molar-refractivity contribution is 1.47. The molecule has 4 heteroatoms. The van der Waals surface area contributed by atoms with Gasteiger partial charge in [-0.05, 0) is 22.8 Å². The van der Waals surface area contributed by atoms with Gasteiger partial charge in [-0.15, -0.1) is 0 Å². The molecule has 0 aromatic heterocycles. The van der Waals surface area contributed by atoms with Gasteiger partial charge in [0.1, 0.15) is 0 Å². The predicted octanol–water partition coefficient (Wildman–Crippen LogP) is 8.33. The Labute approximate surface area is 181 Å². The minimum Gasteiger partial charge on any atom is -0.242 e. The Morgan fingerprint density at radius 2 is 0.862 bits per heavy atom. The molecule has 29 heavy (non-hydrogen) atoms. The molecule has 4 aromatic carbocycles. The van der Waals surface area contributed by atoms with E-state index in [-0.39, 0.29) is 0 Å². The first-order valence-electron chi connectivity index (χ1n) is 8.85. The van der Waals surface area contributed by atoms with Gasteiger partial charge in [0.05, 0.1) is 16.1 Å². The third-order valence-electron chi connectivity index (χ3n) is 3.92. The van der Waals surface area contributed by atoms with Crippen molar-refractivity contribution < 1.29 is 0 Å². The summed E-state index contributed by atoms with van der Waals surface area (Å²) in [5, 5.41) is 12.5. The minimum absolute atomic E-state index is 0.591. The summed E-state index contributed by atoms with van der Waals surface area (Å²) in [7, 11) is 0. The number of benzene rings is 4. The monoisotopic (exact) mass is 418 g/mol. The fourth-order valence-corrected chi connectivity index (χ4v) is 3.02. The van der Waals surface area contributed by atoms with Crippen LogP contribution in [0, 0.1) is 10.8 Å². The molecule has 0 amide bonds. The van der Waals surface area contributed by atoms with E-state index in [9.17, 15) is 0 Å². The zero-order valence-electron chi connectivity index (χ0n) is 15.6. The number of nitrogens with one attached hydrogen (secondary N) is 2. The van der Waals surface area contributed by atoms with E-state index >= 15 is 0 Å². The fraction of sp³-hybridized carbons (Fsp3) is 0. The maximum absolute atomic E-state index is 6.10. The molecular weight excluding hydrogens is 399 g/mol. The Balaban J connectivity index is 0.000000184. The third-order valence-corrected chi connectivity index (χ3v) is 4.74. The molecule has 0 aliphatic heterocycles. The van der Waals surface area contributed by atoms with Crippen molar-refractivity contribution in [2.24, 2.45) is 0 Å². The van der Waals surface area contributed by atoms with Gasteiger partial charge in [0, 0.05) is 5.56 Å². The quantitative estimate of drug-likeness (QED) is 0.307. The second-order valence-corrected chi connectivity index (χ2v) is 6.61. The molecule has 0 saturated carbocycles. The summed E-state index contributed by atoms with van der Waals surface area (Å²) < 4.78 is 0. The molecule has 0 aliphatic rings. The second kappa shape index (κ2) is 12.3. The van der Waals surface area contributed by atoms with Crippen molar-refractivity contribution in [1.29, 1.82) is 10.8 Å². The average molecular weight is 419 g/mol. The van der Waals surface area contributed by atoms with Gasteiger partial charge in [0.25, 0.3) is 0 Å². The zero-order chi connectivity index (χ0) is 20.9. The summed E-state index contributed by atoms with van der Waals surface area (Å²) in [6.45, 7) is 0. The first-order chi connectivity index (χ1) is 14.2. The summed E-state index contributed by atoms with van der Waals surface area (Å²) in [6, 6.07) is 37.6. The highest BCUT2D eigenvalue weighted by Gasteiger charge is 2.05. The van der Waals surface area contributed by atoms with Gasteiger partial charge in [0.2, 0.25) is 0 Å². The molecule has 0 saturated heterocycles. The van der Waals surface area contributed by atoms with E-state index in [1.807, 2.05) is 54.6 Å². The molecule has 0 unspecified atom stereocenters. The molecule has 0 fully saturated rings. The van der Waals surface area contributed by atoms with Crippen molar-refractivity contribution in [3.63, 3.8) is 0 Å². The van der Waals surface area contributed by atoms with E-state index in [0.29, 0.717) is 10.0 Å². The van der Waals surface area contributed by atoms with Crippen LogP contribution in [0.15, 0.2) is 109 Å². The minimum atomic E-state index is 0.591. The van der Waals surface area contributed by atoms with E-state index in [1.54, 1.807) is 6.07 Å². The van der Waals surface area contributed by atoms with Crippen LogP contribution in [0.5, 0.6) is 0 Å². The van der Waals surface area contributed by atoms with Crippen molar-refractivity contribution in [2.75, 3.05) is 0 Å². The van der Waals surface area contributed by atoms with E-state index in [1.165, 1.54) is 17.1 Å². The lowest BCUT2D eigenvalue weighted by atomic mass is 10.1. The van der Waals surface area contributed by atoms with E-state index in [0.717, 1.165) is 11.1 Å². The molecule has 0 aliphatic carbocycles. The molecule has 0 spiro atoms. The Morgan fingerprint density at radius 3 is 1.28 bits per heavy atom. The number of halogens is 2. The Kier molecular flexibility index (Phi) is 9.41. The Hall–Kier alpha value is -3.16. The Morgan fingerprint density at radius 1 is 0.483 bits per heavy atom. The topological polar surface area (TPSA) is 47.7 Å². The van der Waals surface area contributed by atoms with Crippen LogP contribution in [0.3, 0.4) is 0 Å². The normalized spacial score (nSPS) is 9.17. The van der Waals surface area contributed by atoms with Crippen molar-refractivity contribution >= 4 is 29.2 Å². The van der Waals surface area contributed by atoms with Crippen LogP contribution in [0.2, 0.25) is 10.0 Å². The number of hydrogen-bond donors (Lipinski definition) is 2. The van der Waals surface area contributed by atoms with Gasteiger partial charge < -0.3 is 0 Å². The SMILES string of the molecule is Clc1cccc(-c2ccccc2)c1Cl.N=C=N.c1ccc(-c2ccccc2)cc1. The van der Waals surface area contributed by atoms with Crippen molar-refractivity contribution in [1.82, 2.24) is 0 Å². The molecule has 4 rings (SSSR count). The van der Waals surface area contributed by atoms with Crippen LogP contribution in [0.1, 0.15) is 0 Å². The molecule has 2 N–H and O–H groups in total. The lowest BCUT2D eigenvalue weighted by Gasteiger charge is -2.04. The van der Waals surface area contributed by atoms with Crippen LogP contribution in [-0.4, -0.2) is 6.01 Å². The van der Waals surface area contributed by atoms with Crippen LogP contribution in [-0.2, 0) is 0 Å². The molecular formula is C25H20Cl2N2. The van der Waals surface area contributed by atoms with E-state index < -0.39 is 0 Å². The van der Waals surface area contributed by atoms with Gasteiger partial charge >= 0.3 is 0 Å². The average Bonchev–Trinajstić information content (AvgIpc) is 2.78. The molecule has 0 heterocycles. The summed E-state index contributed by atoms with van der Waals surface area (Å²) in [6.07, 6.45) is 0.